The van der Waals surface area contributed by atoms with Crippen molar-refractivity contribution >= 4 is 34.7 Å². The maximum atomic E-state index is 12.2. The lowest BCUT2D eigenvalue weighted by molar-refractivity contribution is -0.115. The third-order valence-electron chi connectivity index (χ3n) is 3.55. The topological polar surface area (TPSA) is 54.9 Å². The van der Waals surface area contributed by atoms with Crippen LogP contribution in [0.5, 0.6) is 0 Å². The Hall–Kier alpha value is -2.18. The average Bonchev–Trinajstić information content (AvgIpc) is 3.04. The Morgan fingerprint density at radius 2 is 2.00 bits per heavy atom. The molecule has 0 saturated carbocycles. The smallest absolute Gasteiger partial charge is 0.228 e. The summed E-state index contributed by atoms with van der Waals surface area (Å²) in [4.78, 5) is 21.0. The Morgan fingerprint density at radius 3 is 2.60 bits per heavy atom. The van der Waals surface area contributed by atoms with Crippen LogP contribution in [0.15, 0.2) is 53.0 Å². The van der Waals surface area contributed by atoms with E-state index in [2.05, 4.69) is 22.2 Å². The molecule has 0 aliphatic carbocycles. The number of aromatic nitrogens is 2. The summed E-state index contributed by atoms with van der Waals surface area (Å²) in [6.45, 7) is 4.08. The number of anilines is 1. The van der Waals surface area contributed by atoms with E-state index < -0.39 is 0 Å². The van der Waals surface area contributed by atoms with E-state index in [1.54, 1.807) is 29.3 Å². The third-order valence-corrected chi connectivity index (χ3v) is 5.15. The van der Waals surface area contributed by atoms with Gasteiger partial charge in [-0.15, -0.1) is 23.1 Å². The summed E-state index contributed by atoms with van der Waals surface area (Å²) < 4.78 is 0. The van der Waals surface area contributed by atoms with Gasteiger partial charge in [0.15, 0.2) is 0 Å². The zero-order valence-corrected chi connectivity index (χ0v) is 15.8. The van der Waals surface area contributed by atoms with E-state index in [9.17, 15) is 4.79 Å². The summed E-state index contributed by atoms with van der Waals surface area (Å²) in [5, 5.41) is 6.95. The largest absolute Gasteiger partial charge is 0.324 e. The fourth-order valence-corrected chi connectivity index (χ4v) is 3.58. The van der Waals surface area contributed by atoms with E-state index in [1.165, 1.54) is 0 Å². The van der Waals surface area contributed by atoms with Crippen LogP contribution in [0.25, 0.3) is 11.3 Å². The molecule has 128 valence electrons. The summed E-state index contributed by atoms with van der Waals surface area (Å²) in [5.41, 5.74) is 3.75. The van der Waals surface area contributed by atoms with E-state index in [4.69, 9.17) is 0 Å². The van der Waals surface area contributed by atoms with Gasteiger partial charge in [0.25, 0.3) is 0 Å². The summed E-state index contributed by atoms with van der Waals surface area (Å²) in [7, 11) is 0. The molecule has 6 heteroatoms. The predicted molar refractivity (Wildman–Crippen MR) is 105 cm³/mol. The van der Waals surface area contributed by atoms with Crippen LogP contribution < -0.4 is 5.32 Å². The van der Waals surface area contributed by atoms with Gasteiger partial charge in [0.05, 0.1) is 34.0 Å². The first-order valence-electron chi connectivity index (χ1n) is 8.04. The van der Waals surface area contributed by atoms with E-state index in [0.717, 1.165) is 38.3 Å². The molecule has 0 bridgehead atoms. The molecule has 0 spiro atoms. The lowest BCUT2D eigenvalue weighted by atomic mass is 10.1. The molecule has 3 rings (SSSR count). The number of rotatable bonds is 6. The molecule has 1 aromatic carbocycles. The van der Waals surface area contributed by atoms with Gasteiger partial charge in [-0.3, -0.25) is 4.79 Å². The van der Waals surface area contributed by atoms with Crippen molar-refractivity contribution in [1.82, 2.24) is 9.97 Å². The molecule has 0 aliphatic heterocycles. The Balaban J connectivity index is 1.59. The Labute approximate surface area is 155 Å². The first kappa shape index (κ1) is 17.6. The van der Waals surface area contributed by atoms with Crippen molar-refractivity contribution in [3.63, 3.8) is 0 Å². The van der Waals surface area contributed by atoms with Crippen molar-refractivity contribution < 1.29 is 4.79 Å². The number of thiazole rings is 1. The Kier molecular flexibility index (Phi) is 5.83. The monoisotopic (exact) mass is 369 g/mol. The number of thioether (sulfide) groups is 1. The van der Waals surface area contributed by atoms with Crippen LogP contribution in [0, 0.1) is 6.92 Å². The van der Waals surface area contributed by atoms with Crippen molar-refractivity contribution in [1.29, 1.82) is 0 Å². The van der Waals surface area contributed by atoms with Gasteiger partial charge in [0.1, 0.15) is 0 Å². The molecule has 2 aromatic heterocycles. The minimum absolute atomic E-state index is 0.0463. The number of carbonyl (C=O) groups is 1. The van der Waals surface area contributed by atoms with Crippen LogP contribution in [0.4, 0.5) is 5.69 Å². The lowest BCUT2D eigenvalue weighted by Gasteiger charge is -2.06. The number of amides is 1. The Morgan fingerprint density at radius 1 is 1.20 bits per heavy atom. The molecular weight excluding hydrogens is 350 g/mol. The van der Waals surface area contributed by atoms with Gasteiger partial charge in [0.2, 0.25) is 5.91 Å². The van der Waals surface area contributed by atoms with E-state index in [0.29, 0.717) is 6.42 Å². The summed E-state index contributed by atoms with van der Waals surface area (Å²) in [6.07, 6.45) is 2.03. The molecular formula is C19H19N3OS2. The molecule has 4 nitrogen and oxygen atoms in total. The van der Waals surface area contributed by atoms with Gasteiger partial charge in [-0.2, -0.15) is 0 Å². The van der Waals surface area contributed by atoms with Gasteiger partial charge in [-0.05, 0) is 30.4 Å². The summed E-state index contributed by atoms with van der Waals surface area (Å²) in [6, 6.07) is 11.8. The highest BCUT2D eigenvalue weighted by molar-refractivity contribution is 7.99. The molecule has 1 amide bonds. The SMILES string of the molecule is CCSc1ccc(NC(=O)Cc2ccc(-c3csc(C)n3)cc2)cn1. The number of hydrogen-bond acceptors (Lipinski definition) is 5. The van der Waals surface area contributed by atoms with Gasteiger partial charge < -0.3 is 5.32 Å². The number of nitrogens with one attached hydrogen (secondary N) is 1. The first-order chi connectivity index (χ1) is 12.1. The van der Waals surface area contributed by atoms with Crippen LogP contribution in [-0.4, -0.2) is 21.6 Å². The van der Waals surface area contributed by atoms with Crippen molar-refractivity contribution in [2.75, 3.05) is 11.1 Å². The molecule has 1 N–H and O–H groups in total. The number of carbonyl (C=O) groups excluding carboxylic acids is 1. The highest BCUT2D eigenvalue weighted by Gasteiger charge is 2.07. The van der Waals surface area contributed by atoms with Gasteiger partial charge >= 0.3 is 0 Å². The van der Waals surface area contributed by atoms with Gasteiger partial charge in [0, 0.05) is 10.9 Å². The maximum absolute atomic E-state index is 12.2. The van der Waals surface area contributed by atoms with Crippen molar-refractivity contribution in [2.24, 2.45) is 0 Å². The van der Waals surface area contributed by atoms with E-state index in [-0.39, 0.29) is 5.91 Å². The lowest BCUT2D eigenvalue weighted by Crippen LogP contribution is -2.14. The predicted octanol–water partition coefficient (Wildman–Crippen LogP) is 4.81. The number of nitrogens with zero attached hydrogens (tertiary/aromatic N) is 2. The van der Waals surface area contributed by atoms with Crippen LogP contribution in [0.2, 0.25) is 0 Å². The maximum Gasteiger partial charge on any atom is 0.228 e. The normalized spacial score (nSPS) is 10.6. The molecule has 0 aliphatic rings. The van der Waals surface area contributed by atoms with Crippen LogP contribution in [-0.2, 0) is 11.2 Å². The first-order valence-corrected chi connectivity index (χ1v) is 9.90. The second kappa shape index (κ2) is 8.27. The molecule has 25 heavy (non-hydrogen) atoms. The van der Waals surface area contributed by atoms with Gasteiger partial charge in [-0.25, -0.2) is 9.97 Å². The summed E-state index contributed by atoms with van der Waals surface area (Å²) >= 11 is 3.31. The number of hydrogen-bond donors (Lipinski definition) is 1. The molecule has 0 saturated heterocycles. The minimum Gasteiger partial charge on any atom is -0.324 e. The van der Waals surface area contributed by atoms with Crippen LogP contribution >= 0.6 is 23.1 Å². The molecule has 3 aromatic rings. The number of pyridine rings is 1. The van der Waals surface area contributed by atoms with Gasteiger partial charge in [-0.1, -0.05) is 31.2 Å². The van der Waals surface area contributed by atoms with Crippen molar-refractivity contribution in [2.45, 2.75) is 25.3 Å². The molecule has 0 unspecified atom stereocenters. The third kappa shape index (κ3) is 4.90. The summed E-state index contributed by atoms with van der Waals surface area (Å²) in [5.74, 6) is 0.935. The van der Waals surface area contributed by atoms with Crippen molar-refractivity contribution in [3.8, 4) is 11.3 Å². The van der Waals surface area contributed by atoms with E-state index in [1.807, 2.05) is 48.7 Å². The highest BCUT2D eigenvalue weighted by Crippen LogP contribution is 2.22. The zero-order chi connectivity index (χ0) is 17.6. The molecule has 0 atom stereocenters. The van der Waals surface area contributed by atoms with Crippen LogP contribution in [0.1, 0.15) is 17.5 Å². The number of aryl methyl sites for hydroxylation is 1. The minimum atomic E-state index is -0.0463. The second-order valence-electron chi connectivity index (χ2n) is 5.49. The Bertz CT molecular complexity index is 842. The average molecular weight is 370 g/mol. The molecule has 2 heterocycles. The fourth-order valence-electron chi connectivity index (χ4n) is 2.37. The van der Waals surface area contributed by atoms with Crippen LogP contribution in [0.3, 0.4) is 0 Å². The quantitative estimate of drug-likeness (QED) is 0.634. The van der Waals surface area contributed by atoms with E-state index >= 15 is 0 Å². The highest BCUT2D eigenvalue weighted by atomic mass is 32.2. The fraction of sp³-hybridized carbons (Fsp3) is 0.211. The molecule has 0 radical (unpaired) electrons. The van der Waals surface area contributed by atoms with Crippen molar-refractivity contribution in [3.05, 3.63) is 58.5 Å². The number of benzene rings is 1. The molecule has 0 fully saturated rings. The zero-order valence-electron chi connectivity index (χ0n) is 14.2. The second-order valence-corrected chi connectivity index (χ2v) is 7.84. The standard InChI is InChI=1S/C19H19N3OS2/c1-3-24-19-9-8-16(11-20-19)22-18(23)10-14-4-6-15(7-5-14)17-12-25-13(2)21-17/h4-9,11-12H,3,10H2,1-2H3,(H,22,23).